The van der Waals surface area contributed by atoms with E-state index in [0.717, 1.165) is 10.7 Å². The molecule has 72 valence electrons. The molecular weight excluding hydrogens is 216 g/mol. The van der Waals surface area contributed by atoms with Gasteiger partial charge in [0.05, 0.1) is 22.6 Å². The summed E-state index contributed by atoms with van der Waals surface area (Å²) in [5.41, 5.74) is 3.05. The van der Waals surface area contributed by atoms with E-state index in [1.807, 2.05) is 12.3 Å². The standard InChI is InChI=1S/C9H8N2OS2/c1-6-11-7(3-14-6)2-9(12)8-4-13-5-10-8/h3-5H,2H2,1H3. The van der Waals surface area contributed by atoms with Crippen molar-refractivity contribution in [2.75, 3.05) is 0 Å². The van der Waals surface area contributed by atoms with Crippen molar-refractivity contribution in [2.24, 2.45) is 0 Å². The summed E-state index contributed by atoms with van der Waals surface area (Å²) in [5.74, 6) is 0.0385. The van der Waals surface area contributed by atoms with E-state index < -0.39 is 0 Å². The summed E-state index contributed by atoms with van der Waals surface area (Å²) in [5, 5.41) is 4.67. The molecule has 0 aromatic carbocycles. The Kier molecular flexibility index (Phi) is 2.69. The highest BCUT2D eigenvalue weighted by Gasteiger charge is 2.10. The van der Waals surface area contributed by atoms with E-state index >= 15 is 0 Å². The third kappa shape index (κ3) is 2.05. The first-order chi connectivity index (χ1) is 6.75. The fourth-order valence-electron chi connectivity index (χ4n) is 1.09. The Morgan fingerprint density at radius 3 is 2.93 bits per heavy atom. The van der Waals surface area contributed by atoms with Gasteiger partial charge < -0.3 is 0 Å². The van der Waals surface area contributed by atoms with E-state index in [4.69, 9.17) is 0 Å². The van der Waals surface area contributed by atoms with Gasteiger partial charge in [-0.3, -0.25) is 4.79 Å². The molecule has 0 fully saturated rings. The Morgan fingerprint density at radius 1 is 1.50 bits per heavy atom. The predicted molar refractivity (Wildman–Crippen MR) is 57.0 cm³/mol. The van der Waals surface area contributed by atoms with Gasteiger partial charge >= 0.3 is 0 Å². The van der Waals surface area contributed by atoms with Crippen LogP contribution in [0.2, 0.25) is 0 Å². The van der Waals surface area contributed by atoms with Crippen LogP contribution in [0.15, 0.2) is 16.3 Å². The molecule has 0 saturated carbocycles. The average Bonchev–Trinajstić information content (AvgIpc) is 2.75. The smallest absolute Gasteiger partial charge is 0.187 e. The molecule has 0 N–H and O–H groups in total. The van der Waals surface area contributed by atoms with Gasteiger partial charge in [0.2, 0.25) is 0 Å². The molecule has 2 aromatic rings. The number of thiazole rings is 2. The minimum Gasteiger partial charge on any atom is -0.292 e. The van der Waals surface area contributed by atoms with Gasteiger partial charge in [0.15, 0.2) is 5.78 Å². The Morgan fingerprint density at radius 2 is 2.36 bits per heavy atom. The second kappa shape index (κ2) is 3.98. The van der Waals surface area contributed by atoms with Crippen molar-refractivity contribution >= 4 is 28.5 Å². The molecule has 0 bridgehead atoms. The van der Waals surface area contributed by atoms with Gasteiger partial charge in [0, 0.05) is 10.8 Å². The molecule has 0 aliphatic carbocycles. The molecule has 0 unspecified atom stereocenters. The van der Waals surface area contributed by atoms with Crippen LogP contribution in [-0.4, -0.2) is 15.8 Å². The monoisotopic (exact) mass is 224 g/mol. The molecule has 0 amide bonds. The highest BCUT2D eigenvalue weighted by molar-refractivity contribution is 7.09. The third-order valence-corrected chi connectivity index (χ3v) is 3.14. The van der Waals surface area contributed by atoms with Crippen molar-refractivity contribution in [3.63, 3.8) is 0 Å². The number of aryl methyl sites for hydroxylation is 1. The van der Waals surface area contributed by atoms with Gasteiger partial charge in [0.25, 0.3) is 0 Å². The van der Waals surface area contributed by atoms with Gasteiger partial charge in [-0.25, -0.2) is 9.97 Å². The van der Waals surface area contributed by atoms with Crippen LogP contribution < -0.4 is 0 Å². The summed E-state index contributed by atoms with van der Waals surface area (Å²) in [6.45, 7) is 1.93. The fourth-order valence-corrected chi connectivity index (χ4v) is 2.26. The minimum atomic E-state index is 0.0385. The molecule has 0 radical (unpaired) electrons. The van der Waals surface area contributed by atoms with Crippen LogP contribution >= 0.6 is 22.7 Å². The molecule has 2 heterocycles. The van der Waals surface area contributed by atoms with Crippen molar-refractivity contribution in [3.05, 3.63) is 32.7 Å². The van der Waals surface area contributed by atoms with Gasteiger partial charge in [-0.05, 0) is 6.92 Å². The number of nitrogens with zero attached hydrogens (tertiary/aromatic N) is 2. The number of carbonyl (C=O) groups excluding carboxylic acids is 1. The normalized spacial score (nSPS) is 10.4. The number of ketones is 1. The maximum Gasteiger partial charge on any atom is 0.187 e. The second-order valence-electron chi connectivity index (χ2n) is 2.83. The zero-order chi connectivity index (χ0) is 9.97. The lowest BCUT2D eigenvalue weighted by Gasteiger charge is -1.92. The molecule has 5 heteroatoms. The zero-order valence-electron chi connectivity index (χ0n) is 7.56. The molecular formula is C9H8N2OS2. The SMILES string of the molecule is Cc1nc(CC(=O)c2cscn2)cs1. The number of aromatic nitrogens is 2. The van der Waals surface area contributed by atoms with Crippen molar-refractivity contribution in [3.8, 4) is 0 Å². The summed E-state index contributed by atoms with van der Waals surface area (Å²) in [4.78, 5) is 19.8. The van der Waals surface area contributed by atoms with Crippen LogP contribution in [0, 0.1) is 6.92 Å². The Labute approximate surface area is 89.5 Å². The summed E-state index contributed by atoms with van der Waals surface area (Å²) in [7, 11) is 0. The molecule has 0 saturated heterocycles. The molecule has 0 atom stereocenters. The molecule has 3 nitrogen and oxygen atoms in total. The highest BCUT2D eigenvalue weighted by Crippen LogP contribution is 2.11. The van der Waals surface area contributed by atoms with E-state index in [9.17, 15) is 4.79 Å². The van der Waals surface area contributed by atoms with Crippen LogP contribution in [0.4, 0.5) is 0 Å². The number of rotatable bonds is 3. The molecule has 2 aromatic heterocycles. The number of Topliss-reactive ketones (excluding diaryl/α,β-unsaturated/α-hetero) is 1. The Balaban J connectivity index is 2.09. The van der Waals surface area contributed by atoms with E-state index in [-0.39, 0.29) is 5.78 Å². The van der Waals surface area contributed by atoms with Gasteiger partial charge in [-0.15, -0.1) is 22.7 Å². The Hall–Kier alpha value is -1.07. The maximum absolute atomic E-state index is 11.6. The number of hydrogen-bond acceptors (Lipinski definition) is 5. The van der Waals surface area contributed by atoms with Crippen molar-refractivity contribution in [1.82, 2.24) is 9.97 Å². The number of hydrogen-bond donors (Lipinski definition) is 0. The lowest BCUT2D eigenvalue weighted by Crippen LogP contribution is -2.03. The summed E-state index contributed by atoms with van der Waals surface area (Å²) in [6, 6.07) is 0. The van der Waals surface area contributed by atoms with E-state index in [1.54, 1.807) is 22.2 Å². The van der Waals surface area contributed by atoms with Gasteiger partial charge in [-0.2, -0.15) is 0 Å². The molecule has 14 heavy (non-hydrogen) atoms. The first-order valence-electron chi connectivity index (χ1n) is 4.08. The first kappa shape index (κ1) is 9.48. The van der Waals surface area contributed by atoms with Gasteiger partial charge in [0.1, 0.15) is 5.69 Å². The van der Waals surface area contributed by atoms with E-state index in [2.05, 4.69) is 9.97 Å². The van der Waals surface area contributed by atoms with Crippen molar-refractivity contribution < 1.29 is 4.79 Å². The predicted octanol–water partition coefficient (Wildman–Crippen LogP) is 2.33. The number of carbonyl (C=O) groups is 1. The quantitative estimate of drug-likeness (QED) is 0.751. The summed E-state index contributed by atoms with van der Waals surface area (Å²) < 4.78 is 0. The molecule has 2 rings (SSSR count). The molecule has 0 aliphatic heterocycles. The van der Waals surface area contributed by atoms with Gasteiger partial charge in [-0.1, -0.05) is 0 Å². The molecule has 0 aliphatic rings. The lowest BCUT2D eigenvalue weighted by molar-refractivity contribution is 0.0988. The average molecular weight is 224 g/mol. The lowest BCUT2D eigenvalue weighted by atomic mass is 10.2. The van der Waals surface area contributed by atoms with Crippen LogP contribution in [-0.2, 0) is 6.42 Å². The van der Waals surface area contributed by atoms with Crippen LogP contribution in [0.5, 0.6) is 0 Å². The largest absolute Gasteiger partial charge is 0.292 e. The Bertz CT molecular complexity index is 433. The molecule has 0 spiro atoms. The van der Waals surface area contributed by atoms with E-state index in [0.29, 0.717) is 12.1 Å². The maximum atomic E-state index is 11.6. The highest BCUT2D eigenvalue weighted by atomic mass is 32.1. The zero-order valence-corrected chi connectivity index (χ0v) is 9.19. The summed E-state index contributed by atoms with van der Waals surface area (Å²) in [6.07, 6.45) is 0.355. The fraction of sp³-hybridized carbons (Fsp3) is 0.222. The van der Waals surface area contributed by atoms with Crippen LogP contribution in [0.3, 0.4) is 0 Å². The van der Waals surface area contributed by atoms with Crippen molar-refractivity contribution in [1.29, 1.82) is 0 Å². The van der Waals surface area contributed by atoms with E-state index in [1.165, 1.54) is 11.3 Å². The topological polar surface area (TPSA) is 42.9 Å². The van der Waals surface area contributed by atoms with Crippen molar-refractivity contribution in [2.45, 2.75) is 13.3 Å². The first-order valence-corrected chi connectivity index (χ1v) is 5.90. The second-order valence-corrected chi connectivity index (χ2v) is 4.61. The third-order valence-electron chi connectivity index (χ3n) is 1.73. The van der Waals surface area contributed by atoms with Crippen LogP contribution in [0.25, 0.3) is 0 Å². The van der Waals surface area contributed by atoms with Crippen LogP contribution in [0.1, 0.15) is 21.2 Å². The minimum absolute atomic E-state index is 0.0385. The summed E-state index contributed by atoms with van der Waals surface area (Å²) >= 11 is 3.00.